The molecule has 0 aromatic carbocycles. The van der Waals surface area contributed by atoms with Crippen LogP contribution in [0.1, 0.15) is 56.9 Å². The topological polar surface area (TPSA) is 55.1 Å². The molecule has 1 aliphatic rings. The number of carbonyl (C=O) groups is 1. The van der Waals surface area contributed by atoms with Crippen molar-refractivity contribution in [3.8, 4) is 0 Å². The molecular formula is C14H22N2O2. The molecule has 1 saturated carbocycles. The van der Waals surface area contributed by atoms with Crippen molar-refractivity contribution in [3.63, 3.8) is 0 Å². The number of aliphatic carboxylic acids is 1. The van der Waals surface area contributed by atoms with Gasteiger partial charge < -0.3 is 5.11 Å². The Morgan fingerprint density at radius 1 is 1.44 bits per heavy atom. The lowest BCUT2D eigenvalue weighted by atomic mass is 9.84. The molecule has 1 N–H and O–H groups in total. The van der Waals surface area contributed by atoms with Crippen molar-refractivity contribution < 1.29 is 9.90 Å². The third-order valence-electron chi connectivity index (χ3n) is 3.87. The highest BCUT2D eigenvalue weighted by molar-refractivity contribution is 5.71. The lowest BCUT2D eigenvalue weighted by Crippen LogP contribution is -2.20. The molecule has 1 aromatic rings. The number of aromatic nitrogens is 2. The van der Waals surface area contributed by atoms with E-state index >= 15 is 0 Å². The molecule has 100 valence electrons. The molecule has 4 heteroatoms. The Labute approximate surface area is 108 Å². The van der Waals surface area contributed by atoms with E-state index in [0.29, 0.717) is 0 Å². The van der Waals surface area contributed by atoms with E-state index in [0.717, 1.165) is 50.6 Å². The van der Waals surface area contributed by atoms with Crippen LogP contribution in [0.4, 0.5) is 0 Å². The van der Waals surface area contributed by atoms with E-state index in [-0.39, 0.29) is 11.8 Å². The van der Waals surface area contributed by atoms with E-state index in [1.165, 1.54) is 0 Å². The molecule has 1 aliphatic carbocycles. The maximum atomic E-state index is 11.4. The van der Waals surface area contributed by atoms with Crippen molar-refractivity contribution >= 4 is 5.97 Å². The van der Waals surface area contributed by atoms with Gasteiger partial charge >= 0.3 is 5.97 Å². The Morgan fingerprint density at radius 3 is 2.94 bits per heavy atom. The zero-order chi connectivity index (χ0) is 13.0. The summed E-state index contributed by atoms with van der Waals surface area (Å²) in [4.78, 5) is 11.4. The zero-order valence-electron chi connectivity index (χ0n) is 11.0. The van der Waals surface area contributed by atoms with Gasteiger partial charge in [-0.3, -0.25) is 9.48 Å². The first-order valence-electron chi connectivity index (χ1n) is 6.97. The third kappa shape index (κ3) is 2.92. The molecule has 18 heavy (non-hydrogen) atoms. The van der Waals surface area contributed by atoms with Gasteiger partial charge in [-0.05, 0) is 24.8 Å². The lowest BCUT2D eigenvalue weighted by molar-refractivity contribution is -0.142. The highest BCUT2D eigenvalue weighted by atomic mass is 16.4. The van der Waals surface area contributed by atoms with Gasteiger partial charge in [-0.25, -0.2) is 0 Å². The van der Waals surface area contributed by atoms with Crippen molar-refractivity contribution in [1.82, 2.24) is 9.78 Å². The van der Waals surface area contributed by atoms with Crippen LogP contribution in [0.25, 0.3) is 0 Å². The summed E-state index contributed by atoms with van der Waals surface area (Å²) in [5.41, 5.74) is 1.11. The highest BCUT2D eigenvalue weighted by Crippen LogP contribution is 2.36. The van der Waals surface area contributed by atoms with Gasteiger partial charge in [-0.2, -0.15) is 5.10 Å². The average Bonchev–Trinajstić information content (AvgIpc) is 2.65. The standard InChI is InChI=1S/C14H22N2O2/c1-2-8-16-10-11(9-15-16)12-6-4-3-5-7-13(12)14(17)18/h9-10,12-13H,2-8H2,1H3,(H,17,18). The van der Waals surface area contributed by atoms with Crippen LogP contribution in [0.15, 0.2) is 12.4 Å². The molecule has 1 fully saturated rings. The number of carboxylic acid groups (broad SMARTS) is 1. The number of carboxylic acids is 1. The van der Waals surface area contributed by atoms with Crippen LogP contribution in [0.5, 0.6) is 0 Å². The largest absolute Gasteiger partial charge is 0.481 e. The van der Waals surface area contributed by atoms with Gasteiger partial charge in [0.05, 0.1) is 12.1 Å². The Balaban J connectivity index is 2.17. The van der Waals surface area contributed by atoms with Crippen molar-refractivity contribution in [1.29, 1.82) is 0 Å². The fraction of sp³-hybridized carbons (Fsp3) is 0.714. The van der Waals surface area contributed by atoms with Gasteiger partial charge in [0, 0.05) is 18.7 Å². The second kappa shape index (κ2) is 6.03. The second-order valence-electron chi connectivity index (χ2n) is 5.23. The Bertz CT molecular complexity index is 400. The van der Waals surface area contributed by atoms with Gasteiger partial charge in [-0.1, -0.05) is 26.2 Å². The molecule has 2 atom stereocenters. The van der Waals surface area contributed by atoms with Gasteiger partial charge in [0.1, 0.15) is 0 Å². The summed E-state index contributed by atoms with van der Waals surface area (Å²) in [7, 11) is 0. The smallest absolute Gasteiger partial charge is 0.307 e. The number of nitrogens with zero attached hydrogens (tertiary/aromatic N) is 2. The van der Waals surface area contributed by atoms with Crippen LogP contribution in [0, 0.1) is 5.92 Å². The highest BCUT2D eigenvalue weighted by Gasteiger charge is 2.31. The van der Waals surface area contributed by atoms with Crippen molar-refractivity contribution in [2.75, 3.05) is 0 Å². The van der Waals surface area contributed by atoms with Crippen molar-refractivity contribution in [2.45, 2.75) is 57.9 Å². The van der Waals surface area contributed by atoms with E-state index in [2.05, 4.69) is 12.0 Å². The summed E-state index contributed by atoms with van der Waals surface area (Å²) in [5, 5.41) is 13.7. The van der Waals surface area contributed by atoms with E-state index in [1.807, 2.05) is 17.1 Å². The normalized spacial score (nSPS) is 24.7. The zero-order valence-corrected chi connectivity index (χ0v) is 11.0. The van der Waals surface area contributed by atoms with Crippen LogP contribution in [-0.4, -0.2) is 20.9 Å². The molecule has 0 spiro atoms. The monoisotopic (exact) mass is 250 g/mol. The Kier molecular flexibility index (Phi) is 4.39. The van der Waals surface area contributed by atoms with Crippen LogP contribution in [-0.2, 0) is 11.3 Å². The number of aryl methyl sites for hydroxylation is 1. The minimum absolute atomic E-state index is 0.149. The summed E-state index contributed by atoms with van der Waals surface area (Å²) >= 11 is 0. The van der Waals surface area contributed by atoms with Gasteiger partial charge in [0.2, 0.25) is 0 Å². The first kappa shape index (κ1) is 13.1. The summed E-state index contributed by atoms with van der Waals surface area (Å²) in [5.74, 6) is -0.729. The predicted molar refractivity (Wildman–Crippen MR) is 69.5 cm³/mol. The average molecular weight is 250 g/mol. The number of hydrogen-bond acceptors (Lipinski definition) is 2. The molecule has 0 bridgehead atoms. The molecule has 0 aliphatic heterocycles. The number of hydrogen-bond donors (Lipinski definition) is 1. The molecule has 0 radical (unpaired) electrons. The molecule has 2 unspecified atom stereocenters. The first-order chi connectivity index (χ1) is 8.72. The van der Waals surface area contributed by atoms with Gasteiger partial charge in [-0.15, -0.1) is 0 Å². The first-order valence-corrected chi connectivity index (χ1v) is 6.97. The van der Waals surface area contributed by atoms with E-state index in [9.17, 15) is 9.90 Å². The molecule has 4 nitrogen and oxygen atoms in total. The molecule has 1 aromatic heterocycles. The molecule has 0 amide bonds. The van der Waals surface area contributed by atoms with Crippen molar-refractivity contribution in [3.05, 3.63) is 18.0 Å². The molecular weight excluding hydrogens is 228 g/mol. The van der Waals surface area contributed by atoms with E-state index in [1.54, 1.807) is 0 Å². The van der Waals surface area contributed by atoms with Gasteiger partial charge in [0.15, 0.2) is 0 Å². The Morgan fingerprint density at radius 2 is 2.22 bits per heavy atom. The van der Waals surface area contributed by atoms with Crippen LogP contribution in [0.2, 0.25) is 0 Å². The summed E-state index contributed by atoms with van der Waals surface area (Å²) in [6.45, 7) is 3.03. The number of rotatable bonds is 4. The SMILES string of the molecule is CCCn1cc(C2CCCCCC2C(=O)O)cn1. The fourth-order valence-electron chi connectivity index (χ4n) is 2.92. The third-order valence-corrected chi connectivity index (χ3v) is 3.87. The maximum Gasteiger partial charge on any atom is 0.307 e. The van der Waals surface area contributed by atoms with Crippen LogP contribution in [0.3, 0.4) is 0 Å². The quantitative estimate of drug-likeness (QED) is 0.836. The maximum absolute atomic E-state index is 11.4. The minimum atomic E-state index is -0.648. The van der Waals surface area contributed by atoms with Crippen molar-refractivity contribution in [2.24, 2.45) is 5.92 Å². The molecule has 1 heterocycles. The summed E-state index contributed by atoms with van der Waals surface area (Å²) in [6.07, 6.45) is 10.1. The van der Waals surface area contributed by atoms with Gasteiger partial charge in [0.25, 0.3) is 0 Å². The van der Waals surface area contributed by atoms with E-state index < -0.39 is 5.97 Å². The lowest BCUT2D eigenvalue weighted by Gasteiger charge is -2.20. The predicted octanol–water partition coefficient (Wildman–Crippen LogP) is 3.04. The minimum Gasteiger partial charge on any atom is -0.481 e. The van der Waals surface area contributed by atoms with Crippen LogP contribution < -0.4 is 0 Å². The van der Waals surface area contributed by atoms with Crippen LogP contribution >= 0.6 is 0 Å². The summed E-state index contributed by atoms with van der Waals surface area (Å²) in [6, 6.07) is 0. The molecule has 0 saturated heterocycles. The molecule has 2 rings (SSSR count). The van der Waals surface area contributed by atoms with E-state index in [4.69, 9.17) is 0 Å². The summed E-state index contributed by atoms with van der Waals surface area (Å²) < 4.78 is 1.93. The Hall–Kier alpha value is -1.32. The fourth-order valence-corrected chi connectivity index (χ4v) is 2.92. The second-order valence-corrected chi connectivity index (χ2v) is 5.23.